The molecule has 0 bridgehead atoms. The molecule has 2 heterocycles. The van der Waals surface area contributed by atoms with Crippen LogP contribution in [0.5, 0.6) is 0 Å². The first-order valence-electron chi connectivity index (χ1n) is 10.7. The lowest BCUT2D eigenvalue weighted by Crippen LogP contribution is -2.30. The Kier molecular flexibility index (Phi) is 6.43. The Morgan fingerprint density at radius 2 is 2.03 bits per heavy atom. The number of nitrogens with zero attached hydrogens (tertiary/aromatic N) is 2. The van der Waals surface area contributed by atoms with Crippen molar-refractivity contribution in [1.82, 2.24) is 9.55 Å². The van der Waals surface area contributed by atoms with E-state index in [2.05, 4.69) is 16.6 Å². The van der Waals surface area contributed by atoms with E-state index in [0.717, 1.165) is 0 Å². The first-order chi connectivity index (χ1) is 16.2. The second kappa shape index (κ2) is 9.30. The molecule has 0 saturated carbocycles. The summed E-state index contributed by atoms with van der Waals surface area (Å²) in [7, 11) is 0. The monoisotopic (exact) mass is 472 g/mol. The minimum Gasteiger partial charge on any atom is -0.386 e. The number of anilines is 1. The number of benzene rings is 2. The third-order valence-corrected chi connectivity index (χ3v) is 5.90. The SMILES string of the molecule is C=CC(CCc1ccccc1NC(=O)C(F)(F)F)=N[C@@H]1CCn2c(=O)[nH]c3cccc(c32)[C@H]1O. The van der Waals surface area contributed by atoms with Gasteiger partial charge in [-0.1, -0.05) is 36.9 Å². The van der Waals surface area contributed by atoms with Gasteiger partial charge in [0.15, 0.2) is 0 Å². The van der Waals surface area contributed by atoms with Crippen LogP contribution in [0.3, 0.4) is 0 Å². The predicted molar refractivity (Wildman–Crippen MR) is 123 cm³/mol. The maximum atomic E-state index is 12.7. The van der Waals surface area contributed by atoms with Gasteiger partial charge in [-0.05, 0) is 43.0 Å². The fourth-order valence-corrected chi connectivity index (χ4v) is 4.21. The molecule has 0 fully saturated rings. The number of carbonyl (C=O) groups is 1. The Morgan fingerprint density at radius 3 is 2.76 bits per heavy atom. The largest absolute Gasteiger partial charge is 0.471 e. The number of aliphatic imine (C=N–C) groups is 1. The van der Waals surface area contributed by atoms with Crippen LogP contribution in [0.4, 0.5) is 18.9 Å². The first-order valence-corrected chi connectivity index (χ1v) is 10.7. The van der Waals surface area contributed by atoms with Crippen molar-refractivity contribution in [3.63, 3.8) is 0 Å². The van der Waals surface area contributed by atoms with Gasteiger partial charge in [-0.2, -0.15) is 13.2 Å². The molecule has 1 aromatic heterocycles. The number of halogens is 3. The molecule has 1 amide bonds. The molecule has 10 heteroatoms. The minimum atomic E-state index is -4.99. The second-order valence-electron chi connectivity index (χ2n) is 8.06. The van der Waals surface area contributed by atoms with Gasteiger partial charge in [0.25, 0.3) is 0 Å². The molecule has 1 aliphatic rings. The standard InChI is InChI=1S/C24H23F3N4O3/c1-2-15(11-10-14-6-3-4-8-17(14)29-22(33)24(25,26)27)28-19-12-13-31-20-16(21(19)32)7-5-9-18(20)30-23(31)34/h2-9,19,21,32H,1,10-13H2,(H,29,33)(H,30,34)/t19-,21-/m1/s1. The van der Waals surface area contributed by atoms with E-state index >= 15 is 0 Å². The van der Waals surface area contributed by atoms with Crippen LogP contribution < -0.4 is 11.0 Å². The number of hydrogen-bond donors (Lipinski definition) is 3. The number of aromatic amines is 1. The maximum Gasteiger partial charge on any atom is 0.471 e. The van der Waals surface area contributed by atoms with Crippen LogP contribution in [-0.4, -0.2) is 38.5 Å². The van der Waals surface area contributed by atoms with Crippen molar-refractivity contribution >= 4 is 28.3 Å². The zero-order valence-corrected chi connectivity index (χ0v) is 18.1. The van der Waals surface area contributed by atoms with Crippen LogP contribution in [-0.2, 0) is 17.8 Å². The molecule has 3 aromatic rings. The normalized spacial score (nSPS) is 18.5. The summed E-state index contributed by atoms with van der Waals surface area (Å²) in [6.07, 6.45) is -3.33. The van der Waals surface area contributed by atoms with Crippen molar-refractivity contribution in [3.05, 3.63) is 76.7 Å². The fourth-order valence-electron chi connectivity index (χ4n) is 4.21. The highest BCUT2D eigenvalue weighted by Crippen LogP contribution is 2.31. The number of rotatable bonds is 6. The zero-order chi connectivity index (χ0) is 24.5. The summed E-state index contributed by atoms with van der Waals surface area (Å²) >= 11 is 0. The van der Waals surface area contributed by atoms with Crippen LogP contribution >= 0.6 is 0 Å². The number of aryl methyl sites for hydroxylation is 2. The van der Waals surface area contributed by atoms with E-state index in [1.165, 1.54) is 12.1 Å². The number of nitrogens with one attached hydrogen (secondary N) is 2. The van der Waals surface area contributed by atoms with Gasteiger partial charge in [-0.15, -0.1) is 0 Å². The number of aliphatic hydroxyl groups excluding tert-OH is 1. The number of amides is 1. The molecule has 0 saturated heterocycles. The van der Waals surface area contributed by atoms with Gasteiger partial charge in [0, 0.05) is 23.5 Å². The molecule has 2 atom stereocenters. The second-order valence-corrected chi connectivity index (χ2v) is 8.06. The molecule has 0 radical (unpaired) electrons. The summed E-state index contributed by atoms with van der Waals surface area (Å²) in [6, 6.07) is 11.0. The van der Waals surface area contributed by atoms with E-state index in [1.807, 2.05) is 5.32 Å². The topological polar surface area (TPSA) is 99.5 Å². The average Bonchev–Trinajstić information content (AvgIpc) is 3.05. The highest BCUT2D eigenvalue weighted by molar-refractivity contribution is 5.96. The molecule has 0 unspecified atom stereocenters. The zero-order valence-electron chi connectivity index (χ0n) is 18.1. The average molecular weight is 472 g/mol. The number of allylic oxidation sites excluding steroid dienone is 1. The van der Waals surface area contributed by atoms with Gasteiger partial charge in [-0.25, -0.2) is 4.79 Å². The molecule has 3 N–H and O–H groups in total. The number of aliphatic hydroxyl groups is 1. The Hall–Kier alpha value is -3.66. The molecule has 0 spiro atoms. The predicted octanol–water partition coefficient (Wildman–Crippen LogP) is 3.90. The highest BCUT2D eigenvalue weighted by Gasteiger charge is 2.39. The maximum absolute atomic E-state index is 12.7. The summed E-state index contributed by atoms with van der Waals surface area (Å²) < 4.78 is 39.6. The van der Waals surface area contributed by atoms with E-state index in [1.54, 1.807) is 41.0 Å². The number of hydrogen-bond acceptors (Lipinski definition) is 4. The summed E-state index contributed by atoms with van der Waals surface area (Å²) in [5, 5.41) is 13.0. The Balaban J connectivity index is 1.54. The van der Waals surface area contributed by atoms with Crippen molar-refractivity contribution in [2.75, 3.05) is 5.32 Å². The van der Waals surface area contributed by atoms with E-state index in [0.29, 0.717) is 53.7 Å². The van der Waals surface area contributed by atoms with Crippen molar-refractivity contribution < 1.29 is 23.1 Å². The third-order valence-electron chi connectivity index (χ3n) is 5.90. The third kappa shape index (κ3) is 4.67. The lowest BCUT2D eigenvalue weighted by atomic mass is 9.99. The Morgan fingerprint density at radius 1 is 1.26 bits per heavy atom. The Bertz CT molecular complexity index is 1320. The van der Waals surface area contributed by atoms with E-state index < -0.39 is 24.2 Å². The van der Waals surface area contributed by atoms with Gasteiger partial charge >= 0.3 is 17.8 Å². The number of alkyl halides is 3. The minimum absolute atomic E-state index is 0.0768. The summed E-state index contributed by atoms with van der Waals surface area (Å²) in [6.45, 7) is 4.15. The van der Waals surface area contributed by atoms with Crippen molar-refractivity contribution in [2.24, 2.45) is 4.99 Å². The molecular formula is C24H23F3N4O3. The number of aromatic nitrogens is 2. The van der Waals surface area contributed by atoms with Crippen LogP contribution in [0.25, 0.3) is 11.0 Å². The number of imidazole rings is 1. The van der Waals surface area contributed by atoms with E-state index in [-0.39, 0.29) is 11.4 Å². The number of H-pyrrole nitrogens is 1. The summed E-state index contributed by atoms with van der Waals surface area (Å²) in [5.74, 6) is -2.03. The van der Waals surface area contributed by atoms with Gasteiger partial charge in [-0.3, -0.25) is 14.4 Å². The molecule has 2 aromatic carbocycles. The lowest BCUT2D eigenvalue weighted by Gasteiger charge is -2.19. The first kappa shape index (κ1) is 23.5. The van der Waals surface area contributed by atoms with Crippen molar-refractivity contribution in [2.45, 2.75) is 44.1 Å². The summed E-state index contributed by atoms with van der Waals surface area (Å²) in [4.78, 5) is 31.1. The molecule has 4 rings (SSSR count). The highest BCUT2D eigenvalue weighted by atomic mass is 19.4. The number of para-hydroxylation sites is 2. The molecule has 7 nitrogen and oxygen atoms in total. The van der Waals surface area contributed by atoms with Crippen LogP contribution in [0.1, 0.15) is 30.1 Å². The molecular weight excluding hydrogens is 449 g/mol. The quantitative estimate of drug-likeness (QED) is 0.475. The molecule has 178 valence electrons. The Labute approximate surface area is 192 Å². The molecule has 0 aliphatic carbocycles. The van der Waals surface area contributed by atoms with Crippen LogP contribution in [0, 0.1) is 0 Å². The van der Waals surface area contributed by atoms with Gasteiger partial charge in [0.2, 0.25) is 0 Å². The summed E-state index contributed by atoms with van der Waals surface area (Å²) in [5.41, 5.74) is 2.82. The van der Waals surface area contributed by atoms with Crippen LogP contribution in [0.2, 0.25) is 0 Å². The van der Waals surface area contributed by atoms with E-state index in [4.69, 9.17) is 0 Å². The van der Waals surface area contributed by atoms with Gasteiger partial charge in [0.05, 0.1) is 17.1 Å². The van der Waals surface area contributed by atoms with E-state index in [9.17, 15) is 27.9 Å². The molecule has 1 aliphatic heterocycles. The van der Waals surface area contributed by atoms with Crippen molar-refractivity contribution in [3.8, 4) is 0 Å². The van der Waals surface area contributed by atoms with Gasteiger partial charge < -0.3 is 15.4 Å². The molecule has 34 heavy (non-hydrogen) atoms. The smallest absolute Gasteiger partial charge is 0.386 e. The lowest BCUT2D eigenvalue weighted by molar-refractivity contribution is -0.167. The fraction of sp³-hybridized carbons (Fsp3) is 0.292. The number of carbonyl (C=O) groups excluding carboxylic acids is 1. The van der Waals surface area contributed by atoms with Gasteiger partial charge in [0.1, 0.15) is 6.10 Å². The van der Waals surface area contributed by atoms with Crippen LogP contribution in [0.15, 0.2) is 64.9 Å². The van der Waals surface area contributed by atoms with Crippen molar-refractivity contribution in [1.29, 1.82) is 0 Å².